The molecule has 2 fully saturated rings. The third kappa shape index (κ3) is 5.11. The second-order valence-electron chi connectivity index (χ2n) is 8.47. The Morgan fingerprint density at radius 2 is 2.03 bits per heavy atom. The summed E-state index contributed by atoms with van der Waals surface area (Å²) in [7, 11) is 0. The van der Waals surface area contributed by atoms with E-state index in [2.05, 4.69) is 15.5 Å². The van der Waals surface area contributed by atoms with Crippen molar-refractivity contribution in [1.82, 2.24) is 10.2 Å². The van der Waals surface area contributed by atoms with Crippen molar-refractivity contribution < 1.29 is 14.3 Å². The molecule has 0 aromatic heterocycles. The van der Waals surface area contributed by atoms with E-state index in [-0.39, 0.29) is 24.1 Å². The lowest BCUT2D eigenvalue weighted by Crippen LogP contribution is -2.42. The molecule has 8 heteroatoms. The van der Waals surface area contributed by atoms with Gasteiger partial charge in [-0.05, 0) is 50.8 Å². The number of ether oxygens (including phenoxy) is 1. The average Bonchev–Trinajstić information content (AvgIpc) is 2.79. The Hall–Kier alpha value is -2.48. The molecular weight excluding hydrogens is 424 g/mol. The van der Waals surface area contributed by atoms with E-state index < -0.39 is 0 Å². The molecule has 2 amide bonds. The fraction of sp³-hybridized carbons (Fsp3) is 0.542. The minimum absolute atomic E-state index is 0.175. The van der Waals surface area contributed by atoms with E-state index >= 15 is 0 Å². The van der Waals surface area contributed by atoms with Gasteiger partial charge >= 0.3 is 12.0 Å². The van der Waals surface area contributed by atoms with Gasteiger partial charge in [-0.3, -0.25) is 0 Å². The van der Waals surface area contributed by atoms with Gasteiger partial charge in [0, 0.05) is 24.0 Å². The number of hydrogen-bond donors (Lipinski definition) is 2. The number of nitrogens with one attached hydrogen (secondary N) is 2. The van der Waals surface area contributed by atoms with Crippen LogP contribution in [-0.2, 0) is 9.53 Å². The van der Waals surface area contributed by atoms with E-state index in [0.717, 1.165) is 42.3 Å². The molecule has 0 bridgehead atoms. The third-order valence-electron chi connectivity index (χ3n) is 6.15. The summed E-state index contributed by atoms with van der Waals surface area (Å²) in [5, 5.41) is 7.03. The molecule has 3 aliphatic rings. The van der Waals surface area contributed by atoms with Gasteiger partial charge in [-0.2, -0.15) is 0 Å². The molecule has 1 aromatic rings. The molecule has 0 spiro atoms. The minimum atomic E-state index is -0.332. The summed E-state index contributed by atoms with van der Waals surface area (Å²) in [6.45, 7) is 4.83. The molecule has 1 saturated heterocycles. The van der Waals surface area contributed by atoms with Crippen LogP contribution >= 0.6 is 11.8 Å². The number of carbonyl (C=O) groups excluding carboxylic acids is 2. The highest BCUT2D eigenvalue weighted by Gasteiger charge is 2.38. The highest BCUT2D eigenvalue weighted by molar-refractivity contribution is 8.13. The number of amidine groups is 1. The number of rotatable bonds is 5. The Morgan fingerprint density at radius 1 is 1.22 bits per heavy atom. The molecule has 1 atom stereocenters. The molecule has 0 unspecified atom stereocenters. The van der Waals surface area contributed by atoms with Crippen LogP contribution in [0.1, 0.15) is 64.0 Å². The number of nitrogens with zero attached hydrogens (tertiary/aromatic N) is 2. The van der Waals surface area contributed by atoms with Crippen LogP contribution in [0.15, 0.2) is 40.5 Å². The smallest absolute Gasteiger partial charge is 0.338 e. The van der Waals surface area contributed by atoms with Crippen molar-refractivity contribution >= 4 is 34.6 Å². The van der Waals surface area contributed by atoms with Gasteiger partial charge in [0.25, 0.3) is 0 Å². The van der Waals surface area contributed by atoms with E-state index in [1.54, 1.807) is 11.8 Å². The lowest BCUT2D eigenvalue weighted by atomic mass is 9.94. The van der Waals surface area contributed by atoms with Crippen molar-refractivity contribution in [3.63, 3.8) is 0 Å². The van der Waals surface area contributed by atoms with Gasteiger partial charge < -0.3 is 20.3 Å². The monoisotopic (exact) mass is 456 g/mol. The van der Waals surface area contributed by atoms with Crippen LogP contribution in [0.4, 0.5) is 10.5 Å². The Morgan fingerprint density at radius 3 is 2.81 bits per heavy atom. The maximum absolute atomic E-state index is 12.9. The van der Waals surface area contributed by atoms with E-state index in [1.807, 2.05) is 38.1 Å². The molecule has 0 radical (unpaired) electrons. The van der Waals surface area contributed by atoms with Crippen molar-refractivity contribution in [3.8, 4) is 0 Å². The van der Waals surface area contributed by atoms with Crippen molar-refractivity contribution in [2.45, 2.75) is 64.5 Å². The number of thioether (sulfide) groups is 1. The highest BCUT2D eigenvalue weighted by atomic mass is 32.2. The Kier molecular flexibility index (Phi) is 7.40. The molecule has 4 rings (SSSR count). The molecule has 172 valence electrons. The number of amides is 2. The predicted octanol–water partition coefficient (Wildman–Crippen LogP) is 4.83. The highest BCUT2D eigenvalue weighted by Crippen LogP contribution is 2.40. The predicted molar refractivity (Wildman–Crippen MR) is 129 cm³/mol. The van der Waals surface area contributed by atoms with Crippen molar-refractivity contribution in [2.75, 3.05) is 24.2 Å². The topological polar surface area (TPSA) is 83.0 Å². The van der Waals surface area contributed by atoms with Gasteiger partial charge in [-0.1, -0.05) is 43.2 Å². The number of allylic oxidation sites excluding steroid dienone is 1. The van der Waals surface area contributed by atoms with E-state index in [9.17, 15) is 9.59 Å². The molecule has 2 heterocycles. The molecule has 32 heavy (non-hydrogen) atoms. The van der Waals surface area contributed by atoms with Gasteiger partial charge in [0.05, 0.1) is 23.9 Å². The molecule has 1 aliphatic carbocycles. The van der Waals surface area contributed by atoms with Crippen LogP contribution in [0.5, 0.6) is 0 Å². The summed E-state index contributed by atoms with van der Waals surface area (Å²) in [4.78, 5) is 32.4. The quantitative estimate of drug-likeness (QED) is 0.620. The molecule has 2 aliphatic heterocycles. The van der Waals surface area contributed by atoms with Gasteiger partial charge in [0.15, 0.2) is 5.17 Å². The Balaban J connectivity index is 1.58. The Bertz CT molecular complexity index is 924. The zero-order valence-electron chi connectivity index (χ0n) is 18.9. The first-order valence-corrected chi connectivity index (χ1v) is 12.6. The number of carbonyl (C=O) groups is 2. The summed E-state index contributed by atoms with van der Waals surface area (Å²) >= 11 is 1.72. The van der Waals surface area contributed by atoms with Crippen molar-refractivity contribution in [3.05, 3.63) is 41.1 Å². The summed E-state index contributed by atoms with van der Waals surface area (Å²) in [5.41, 5.74) is 2.92. The lowest BCUT2D eigenvalue weighted by Gasteiger charge is -2.40. The summed E-state index contributed by atoms with van der Waals surface area (Å²) in [6.07, 6.45) is 6.69. The second-order valence-corrected chi connectivity index (χ2v) is 9.53. The lowest BCUT2D eigenvalue weighted by molar-refractivity contribution is -0.139. The molecule has 1 aromatic carbocycles. The summed E-state index contributed by atoms with van der Waals surface area (Å²) in [5.74, 6) is 0.689. The van der Waals surface area contributed by atoms with Crippen LogP contribution in [-0.4, -0.2) is 47.0 Å². The van der Waals surface area contributed by atoms with Crippen LogP contribution in [0.2, 0.25) is 0 Å². The van der Waals surface area contributed by atoms with Crippen molar-refractivity contribution in [2.24, 2.45) is 4.99 Å². The van der Waals surface area contributed by atoms with Crippen LogP contribution in [0, 0.1) is 0 Å². The maximum atomic E-state index is 12.9. The second kappa shape index (κ2) is 10.4. The molecule has 2 N–H and O–H groups in total. The third-order valence-corrected chi connectivity index (χ3v) is 7.23. The van der Waals surface area contributed by atoms with E-state index in [4.69, 9.17) is 9.73 Å². The summed E-state index contributed by atoms with van der Waals surface area (Å²) in [6, 6.07) is 7.56. The zero-order valence-corrected chi connectivity index (χ0v) is 19.7. The maximum Gasteiger partial charge on any atom is 0.338 e. The molecular formula is C24H32N4O3S. The number of esters is 1. The van der Waals surface area contributed by atoms with Gasteiger partial charge in [-0.15, -0.1) is 0 Å². The average molecular weight is 457 g/mol. The fourth-order valence-corrected chi connectivity index (χ4v) is 5.69. The molecule has 1 saturated carbocycles. The number of anilines is 1. The SMILES string of the molecule is CCOC(=O)C1=C(C)N=C2SCCCN2[C@H]1c1cccc(NC(=O)NC2CCCCC2)c1. The largest absolute Gasteiger partial charge is 0.463 e. The van der Waals surface area contributed by atoms with Crippen LogP contribution in [0.3, 0.4) is 0 Å². The Labute approximate surface area is 194 Å². The van der Waals surface area contributed by atoms with Gasteiger partial charge in [0.2, 0.25) is 0 Å². The first-order valence-electron chi connectivity index (χ1n) is 11.6. The van der Waals surface area contributed by atoms with Gasteiger partial charge in [-0.25, -0.2) is 14.6 Å². The fourth-order valence-electron chi connectivity index (χ4n) is 4.67. The number of benzene rings is 1. The molecule has 7 nitrogen and oxygen atoms in total. The van der Waals surface area contributed by atoms with E-state index in [1.165, 1.54) is 19.3 Å². The number of urea groups is 1. The van der Waals surface area contributed by atoms with Crippen LogP contribution < -0.4 is 10.6 Å². The first kappa shape index (κ1) is 22.7. The number of aliphatic imine (C=N–C) groups is 1. The van der Waals surface area contributed by atoms with Crippen molar-refractivity contribution in [1.29, 1.82) is 0 Å². The summed E-state index contributed by atoms with van der Waals surface area (Å²) < 4.78 is 5.38. The van der Waals surface area contributed by atoms with Gasteiger partial charge in [0.1, 0.15) is 0 Å². The zero-order chi connectivity index (χ0) is 22.5. The number of fused-ring (bicyclic) bond motifs is 1. The van der Waals surface area contributed by atoms with E-state index in [0.29, 0.717) is 23.6 Å². The first-order chi connectivity index (χ1) is 15.6. The van der Waals surface area contributed by atoms with Crippen LogP contribution in [0.25, 0.3) is 0 Å². The normalized spacial score (nSPS) is 21.5. The number of hydrogen-bond acceptors (Lipinski definition) is 6. The minimum Gasteiger partial charge on any atom is -0.463 e. The standard InChI is InChI=1S/C24H32N4O3S/c1-3-31-22(29)20-16(2)25-24-28(13-8-14-32-24)21(20)17-9-7-12-19(15-17)27-23(30)26-18-10-5-4-6-11-18/h7,9,12,15,18,21H,3-6,8,10-11,13-14H2,1-2H3,(H2,26,27,30)/t21-/m0/s1.